The van der Waals surface area contributed by atoms with Crippen LogP contribution < -0.4 is 4.74 Å². The summed E-state index contributed by atoms with van der Waals surface area (Å²) >= 11 is 0. The summed E-state index contributed by atoms with van der Waals surface area (Å²) in [6.45, 7) is 6.71. The average molecular weight is 394 g/mol. The molecule has 2 atom stereocenters. The fraction of sp³-hybridized carbons (Fsp3) is 0.577. The Morgan fingerprint density at radius 3 is 2.55 bits per heavy atom. The molecular formula is C26H35NO2. The van der Waals surface area contributed by atoms with Crippen LogP contribution in [0.25, 0.3) is 10.8 Å². The van der Waals surface area contributed by atoms with Crippen LogP contribution in [-0.2, 0) is 0 Å². The summed E-state index contributed by atoms with van der Waals surface area (Å²) in [4.78, 5) is 16.3. The first kappa shape index (κ1) is 20.4. The number of methoxy groups -OCH3 is 1. The maximum Gasteiger partial charge on any atom is 0.167 e. The maximum absolute atomic E-state index is 13.6. The molecule has 1 heterocycles. The molecule has 0 unspecified atom stereocenters. The van der Waals surface area contributed by atoms with E-state index in [1.807, 2.05) is 18.2 Å². The van der Waals surface area contributed by atoms with Crippen LogP contribution in [0.1, 0.15) is 62.7 Å². The van der Waals surface area contributed by atoms with Crippen molar-refractivity contribution >= 4 is 16.6 Å². The fourth-order valence-corrected chi connectivity index (χ4v) is 5.02. The number of fused-ring (bicyclic) bond motifs is 1. The molecule has 3 heteroatoms. The monoisotopic (exact) mass is 393 g/mol. The van der Waals surface area contributed by atoms with Gasteiger partial charge in [-0.3, -0.25) is 9.69 Å². The third-order valence-corrected chi connectivity index (χ3v) is 7.16. The zero-order valence-electron chi connectivity index (χ0n) is 18.2. The molecule has 0 radical (unpaired) electrons. The second kappa shape index (κ2) is 8.87. The van der Waals surface area contributed by atoms with Crippen molar-refractivity contribution in [3.05, 3.63) is 42.0 Å². The van der Waals surface area contributed by atoms with Gasteiger partial charge >= 0.3 is 0 Å². The molecule has 29 heavy (non-hydrogen) atoms. The lowest BCUT2D eigenvalue weighted by molar-refractivity contribution is 0.0380. The topological polar surface area (TPSA) is 29.5 Å². The smallest absolute Gasteiger partial charge is 0.167 e. The number of piperidine rings is 1. The molecular weight excluding hydrogens is 358 g/mol. The number of ketones is 1. The van der Waals surface area contributed by atoms with E-state index < -0.39 is 0 Å². The molecule has 1 saturated carbocycles. The molecule has 2 aromatic carbocycles. The average Bonchev–Trinajstić information content (AvgIpc) is 2.70. The number of nitrogens with zero attached hydrogens (tertiary/aromatic N) is 1. The van der Waals surface area contributed by atoms with Crippen molar-refractivity contribution in [2.24, 2.45) is 17.8 Å². The molecule has 4 rings (SSSR count). The molecule has 0 spiro atoms. The molecule has 0 amide bonds. The summed E-state index contributed by atoms with van der Waals surface area (Å²) in [5.74, 6) is 2.56. The van der Waals surface area contributed by atoms with Gasteiger partial charge in [0.15, 0.2) is 5.78 Å². The molecule has 1 aliphatic carbocycles. The van der Waals surface area contributed by atoms with Gasteiger partial charge in [-0.2, -0.15) is 0 Å². The number of carbonyl (C=O) groups is 1. The van der Waals surface area contributed by atoms with Crippen molar-refractivity contribution in [3.63, 3.8) is 0 Å². The molecule has 0 aromatic heterocycles. The molecule has 2 fully saturated rings. The highest BCUT2D eigenvalue weighted by Gasteiger charge is 2.38. The number of hydrogen-bond donors (Lipinski definition) is 0. The summed E-state index contributed by atoms with van der Waals surface area (Å²) < 4.78 is 5.33. The van der Waals surface area contributed by atoms with Gasteiger partial charge in [0.1, 0.15) is 5.75 Å². The van der Waals surface area contributed by atoms with E-state index in [0.717, 1.165) is 34.7 Å². The van der Waals surface area contributed by atoms with Gasteiger partial charge < -0.3 is 4.74 Å². The number of likely N-dealkylation sites (tertiary alicyclic amines) is 1. The van der Waals surface area contributed by atoms with Crippen LogP contribution in [0.3, 0.4) is 0 Å². The van der Waals surface area contributed by atoms with Crippen LogP contribution in [0, 0.1) is 17.8 Å². The first-order chi connectivity index (χ1) is 14.0. The number of rotatable bonds is 7. The van der Waals surface area contributed by atoms with Gasteiger partial charge in [-0.15, -0.1) is 0 Å². The highest BCUT2D eigenvalue weighted by atomic mass is 16.5. The normalized spacial score (nSPS) is 23.3. The highest BCUT2D eigenvalue weighted by Crippen LogP contribution is 2.36. The number of ether oxygens (including phenoxy) is 1. The van der Waals surface area contributed by atoms with Gasteiger partial charge in [0, 0.05) is 24.1 Å². The molecule has 2 aromatic rings. The summed E-state index contributed by atoms with van der Waals surface area (Å²) in [5, 5.41) is 2.24. The summed E-state index contributed by atoms with van der Waals surface area (Å²) in [6, 6.07) is 13.0. The van der Waals surface area contributed by atoms with E-state index >= 15 is 0 Å². The Hall–Kier alpha value is -1.87. The molecule has 0 N–H and O–H groups in total. The standard InChI is InChI=1S/C26H35NO2/c1-18(2)7-8-19-13-14-27(23-5-4-6-23)17-25(19)26(28)22-10-9-21-16-24(29-3)12-11-20(21)15-22/h9-12,15-16,18-19,23,25H,4-8,13-14,17H2,1-3H3/t19-,25+/m0/s1. The van der Waals surface area contributed by atoms with Crippen LogP contribution in [-0.4, -0.2) is 36.9 Å². The highest BCUT2D eigenvalue weighted by molar-refractivity contribution is 6.01. The number of benzene rings is 2. The minimum Gasteiger partial charge on any atom is -0.497 e. The SMILES string of the molecule is COc1ccc2cc(C(=O)[C@@H]3CN(C4CCC4)CC[C@@H]3CCC(C)C)ccc2c1. The number of Topliss-reactive ketones (excluding diaryl/α,β-unsaturated/α-hetero) is 1. The van der Waals surface area contributed by atoms with Gasteiger partial charge in [-0.1, -0.05) is 44.9 Å². The largest absolute Gasteiger partial charge is 0.497 e. The van der Waals surface area contributed by atoms with Crippen LogP contribution in [0.5, 0.6) is 5.75 Å². The number of hydrogen-bond acceptors (Lipinski definition) is 3. The first-order valence-electron chi connectivity index (χ1n) is 11.4. The van der Waals surface area contributed by atoms with Crippen molar-refractivity contribution in [1.82, 2.24) is 4.90 Å². The van der Waals surface area contributed by atoms with Crippen molar-refractivity contribution in [3.8, 4) is 5.75 Å². The molecule has 3 nitrogen and oxygen atoms in total. The Balaban J connectivity index is 1.56. The van der Waals surface area contributed by atoms with Gasteiger partial charge in [0.05, 0.1) is 7.11 Å². The quantitative estimate of drug-likeness (QED) is 0.544. The van der Waals surface area contributed by atoms with Crippen LogP contribution in [0.15, 0.2) is 36.4 Å². The van der Waals surface area contributed by atoms with E-state index in [-0.39, 0.29) is 5.92 Å². The zero-order valence-corrected chi connectivity index (χ0v) is 18.2. The van der Waals surface area contributed by atoms with Crippen LogP contribution in [0.4, 0.5) is 0 Å². The third-order valence-electron chi connectivity index (χ3n) is 7.16. The summed E-state index contributed by atoms with van der Waals surface area (Å²) in [7, 11) is 1.69. The predicted octanol–water partition coefficient (Wildman–Crippen LogP) is 5.96. The lowest BCUT2D eigenvalue weighted by atomic mass is 9.75. The van der Waals surface area contributed by atoms with Crippen molar-refractivity contribution < 1.29 is 9.53 Å². The molecule has 1 aliphatic heterocycles. The van der Waals surface area contributed by atoms with Crippen molar-refractivity contribution in [1.29, 1.82) is 0 Å². The van der Waals surface area contributed by atoms with Crippen LogP contribution >= 0.6 is 0 Å². The summed E-state index contributed by atoms with van der Waals surface area (Å²) in [5.41, 5.74) is 0.873. The predicted molar refractivity (Wildman–Crippen MR) is 120 cm³/mol. The van der Waals surface area contributed by atoms with E-state index in [9.17, 15) is 4.79 Å². The fourth-order valence-electron chi connectivity index (χ4n) is 5.02. The second-order valence-electron chi connectivity index (χ2n) is 9.50. The Morgan fingerprint density at radius 1 is 1.10 bits per heavy atom. The van der Waals surface area contributed by atoms with Crippen LogP contribution in [0.2, 0.25) is 0 Å². The Bertz CT molecular complexity index is 855. The Morgan fingerprint density at radius 2 is 1.86 bits per heavy atom. The Kier molecular flexibility index (Phi) is 6.24. The molecule has 156 valence electrons. The number of carbonyl (C=O) groups excluding carboxylic acids is 1. The van der Waals surface area contributed by atoms with Crippen molar-refractivity contribution in [2.45, 2.75) is 58.4 Å². The summed E-state index contributed by atoms with van der Waals surface area (Å²) in [6.07, 6.45) is 7.55. The van der Waals surface area contributed by atoms with E-state index in [2.05, 4.69) is 36.9 Å². The van der Waals surface area contributed by atoms with Gasteiger partial charge in [0.2, 0.25) is 0 Å². The Labute approximate surface area is 175 Å². The molecule has 1 saturated heterocycles. The first-order valence-corrected chi connectivity index (χ1v) is 11.4. The lowest BCUT2D eigenvalue weighted by Crippen LogP contribution is -2.50. The van der Waals surface area contributed by atoms with E-state index in [4.69, 9.17) is 4.74 Å². The van der Waals surface area contributed by atoms with E-state index in [0.29, 0.717) is 17.6 Å². The molecule has 0 bridgehead atoms. The minimum absolute atomic E-state index is 0.138. The maximum atomic E-state index is 13.6. The van der Waals surface area contributed by atoms with Crippen molar-refractivity contribution in [2.75, 3.05) is 20.2 Å². The minimum atomic E-state index is 0.138. The van der Waals surface area contributed by atoms with E-state index in [1.54, 1.807) is 7.11 Å². The van der Waals surface area contributed by atoms with Gasteiger partial charge in [-0.05, 0) is 73.0 Å². The third kappa shape index (κ3) is 4.50. The van der Waals surface area contributed by atoms with Gasteiger partial charge in [-0.25, -0.2) is 0 Å². The second-order valence-corrected chi connectivity index (χ2v) is 9.50. The van der Waals surface area contributed by atoms with Gasteiger partial charge in [0.25, 0.3) is 0 Å². The zero-order chi connectivity index (χ0) is 20.4. The van der Waals surface area contributed by atoms with E-state index in [1.165, 1.54) is 45.1 Å². The lowest BCUT2D eigenvalue weighted by Gasteiger charge is -2.45. The molecule has 2 aliphatic rings.